The molecule has 7 heteroatoms. The Balaban J connectivity index is 0.00000180. The summed E-state index contributed by atoms with van der Waals surface area (Å²) in [4.78, 5) is 15.9. The molecule has 5 nitrogen and oxygen atoms in total. The van der Waals surface area contributed by atoms with Crippen LogP contribution < -0.4 is 15.8 Å². The van der Waals surface area contributed by atoms with E-state index in [1.165, 1.54) is 11.3 Å². The van der Waals surface area contributed by atoms with E-state index in [2.05, 4.69) is 10.3 Å². The Morgan fingerprint density at radius 1 is 1.47 bits per heavy atom. The largest absolute Gasteiger partial charge is 0.496 e. The maximum absolute atomic E-state index is 12.0. The van der Waals surface area contributed by atoms with E-state index in [0.29, 0.717) is 16.4 Å². The zero-order valence-corrected chi connectivity index (χ0v) is 11.8. The number of nitrogens with one attached hydrogen (secondary N) is 1. The molecule has 1 atom stereocenters. The van der Waals surface area contributed by atoms with Crippen LogP contribution in [0.3, 0.4) is 0 Å². The van der Waals surface area contributed by atoms with Crippen LogP contribution in [0.2, 0.25) is 0 Å². The number of thiazole rings is 1. The summed E-state index contributed by atoms with van der Waals surface area (Å²) in [5.74, 6) is 0.286. The summed E-state index contributed by atoms with van der Waals surface area (Å²) in [7, 11) is 1.55. The van der Waals surface area contributed by atoms with Crippen molar-refractivity contribution in [2.24, 2.45) is 5.73 Å². The second-order valence-corrected chi connectivity index (χ2v) is 4.44. The number of anilines is 1. The van der Waals surface area contributed by atoms with E-state index in [1.54, 1.807) is 30.8 Å². The van der Waals surface area contributed by atoms with Crippen molar-refractivity contribution in [3.8, 4) is 5.75 Å². The lowest BCUT2D eigenvalue weighted by Gasteiger charge is -2.14. The first kappa shape index (κ1) is 15.4. The van der Waals surface area contributed by atoms with Gasteiger partial charge in [0.15, 0.2) is 5.13 Å². The number of hydrogen-bond acceptors (Lipinski definition) is 5. The normalized spacial score (nSPS) is 11.3. The number of nitrogens with two attached hydrogens (primary N) is 1. The van der Waals surface area contributed by atoms with E-state index in [0.717, 1.165) is 0 Å². The number of halogens is 1. The Morgan fingerprint density at radius 3 is 2.84 bits per heavy atom. The van der Waals surface area contributed by atoms with E-state index in [4.69, 9.17) is 10.5 Å². The molecule has 0 fully saturated rings. The van der Waals surface area contributed by atoms with Crippen LogP contribution >= 0.6 is 23.7 Å². The standard InChI is InChI=1S/C12H13N3O2S.ClH/c1-17-9-5-3-2-4-8(9)10(13)11(16)15-12-14-6-7-18-12;/h2-7,10H,13H2,1H3,(H,14,15,16);1H. The molecular formula is C12H14ClN3O2S. The summed E-state index contributed by atoms with van der Waals surface area (Å²) in [6.45, 7) is 0. The van der Waals surface area contributed by atoms with Crippen molar-refractivity contribution < 1.29 is 9.53 Å². The van der Waals surface area contributed by atoms with E-state index in [9.17, 15) is 4.79 Å². The molecule has 1 aromatic heterocycles. The molecule has 0 radical (unpaired) electrons. The van der Waals surface area contributed by atoms with Crippen LogP contribution in [0.5, 0.6) is 5.75 Å². The number of carbonyl (C=O) groups excluding carboxylic acids is 1. The highest BCUT2D eigenvalue weighted by Crippen LogP contribution is 2.24. The van der Waals surface area contributed by atoms with E-state index in [1.807, 2.05) is 12.1 Å². The monoisotopic (exact) mass is 299 g/mol. The summed E-state index contributed by atoms with van der Waals surface area (Å²) >= 11 is 1.34. The summed E-state index contributed by atoms with van der Waals surface area (Å²) in [6.07, 6.45) is 1.62. The van der Waals surface area contributed by atoms with Crippen molar-refractivity contribution in [2.75, 3.05) is 12.4 Å². The lowest BCUT2D eigenvalue weighted by molar-refractivity contribution is -0.117. The molecule has 3 N–H and O–H groups in total. The second-order valence-electron chi connectivity index (χ2n) is 3.55. The quantitative estimate of drug-likeness (QED) is 0.907. The number of para-hydroxylation sites is 1. The second kappa shape index (κ2) is 7.08. The fourth-order valence-electron chi connectivity index (χ4n) is 1.53. The molecule has 0 aliphatic rings. The van der Waals surface area contributed by atoms with Gasteiger partial charge in [0.05, 0.1) is 7.11 Å². The van der Waals surface area contributed by atoms with E-state index >= 15 is 0 Å². The highest BCUT2D eigenvalue weighted by Gasteiger charge is 2.19. The number of nitrogens with zero attached hydrogens (tertiary/aromatic N) is 1. The molecule has 19 heavy (non-hydrogen) atoms. The number of benzene rings is 1. The Bertz CT molecular complexity index is 534. The average molecular weight is 300 g/mol. The Labute approximate surface area is 121 Å². The molecule has 0 saturated carbocycles. The van der Waals surface area contributed by atoms with Gasteiger partial charge in [-0.15, -0.1) is 23.7 Å². The SMILES string of the molecule is COc1ccccc1C(N)C(=O)Nc1nccs1.Cl. The van der Waals surface area contributed by atoms with Crippen LogP contribution in [-0.2, 0) is 4.79 Å². The molecule has 0 bridgehead atoms. The van der Waals surface area contributed by atoms with Crippen molar-refractivity contribution in [2.45, 2.75) is 6.04 Å². The number of rotatable bonds is 4. The first-order valence-corrected chi connectivity index (χ1v) is 6.19. The van der Waals surface area contributed by atoms with Gasteiger partial charge < -0.3 is 15.8 Å². The lowest BCUT2D eigenvalue weighted by atomic mass is 10.1. The lowest BCUT2D eigenvalue weighted by Crippen LogP contribution is -2.28. The smallest absolute Gasteiger partial charge is 0.247 e. The van der Waals surface area contributed by atoms with Gasteiger partial charge >= 0.3 is 0 Å². The predicted octanol–water partition coefficient (Wildman–Crippen LogP) is 2.21. The number of ether oxygens (including phenoxy) is 1. The van der Waals surface area contributed by atoms with Gasteiger partial charge in [-0.3, -0.25) is 4.79 Å². The summed E-state index contributed by atoms with van der Waals surface area (Å²) in [5.41, 5.74) is 6.56. The van der Waals surface area contributed by atoms with Crippen LogP contribution in [0.25, 0.3) is 0 Å². The fourth-order valence-corrected chi connectivity index (χ4v) is 2.06. The molecule has 0 aliphatic heterocycles. The summed E-state index contributed by atoms with van der Waals surface area (Å²) in [6, 6.07) is 6.39. The van der Waals surface area contributed by atoms with Crippen molar-refractivity contribution >= 4 is 34.8 Å². The third-order valence-corrected chi connectivity index (χ3v) is 3.11. The Morgan fingerprint density at radius 2 is 2.21 bits per heavy atom. The van der Waals surface area contributed by atoms with Crippen LogP contribution in [0.1, 0.15) is 11.6 Å². The number of carbonyl (C=O) groups is 1. The van der Waals surface area contributed by atoms with Gasteiger partial charge in [-0.2, -0.15) is 0 Å². The summed E-state index contributed by atoms with van der Waals surface area (Å²) < 4.78 is 5.18. The third kappa shape index (κ3) is 3.66. The molecule has 0 aliphatic carbocycles. The number of aromatic nitrogens is 1. The molecule has 1 aromatic carbocycles. The van der Waals surface area contributed by atoms with Gasteiger partial charge in [-0.25, -0.2) is 4.98 Å². The van der Waals surface area contributed by atoms with Crippen molar-refractivity contribution in [3.63, 3.8) is 0 Å². The highest BCUT2D eigenvalue weighted by molar-refractivity contribution is 7.13. The van der Waals surface area contributed by atoms with Crippen LogP contribution in [0.15, 0.2) is 35.8 Å². The molecule has 2 aromatic rings. The Hall–Kier alpha value is -1.63. The average Bonchev–Trinajstić information content (AvgIpc) is 2.90. The van der Waals surface area contributed by atoms with Crippen LogP contribution in [0.4, 0.5) is 5.13 Å². The first-order chi connectivity index (χ1) is 8.72. The minimum Gasteiger partial charge on any atom is -0.496 e. The van der Waals surface area contributed by atoms with Crippen molar-refractivity contribution in [3.05, 3.63) is 41.4 Å². The molecule has 2 rings (SSSR count). The fraction of sp³-hybridized carbons (Fsp3) is 0.167. The molecule has 1 unspecified atom stereocenters. The zero-order valence-electron chi connectivity index (χ0n) is 10.2. The number of amides is 1. The zero-order chi connectivity index (χ0) is 13.0. The molecular weight excluding hydrogens is 286 g/mol. The summed E-state index contributed by atoms with van der Waals surface area (Å²) in [5, 5.41) is 4.97. The van der Waals surface area contributed by atoms with Crippen molar-refractivity contribution in [1.29, 1.82) is 0 Å². The molecule has 1 heterocycles. The van der Waals surface area contributed by atoms with E-state index in [-0.39, 0.29) is 18.3 Å². The van der Waals surface area contributed by atoms with E-state index < -0.39 is 6.04 Å². The molecule has 0 spiro atoms. The van der Waals surface area contributed by atoms with Crippen molar-refractivity contribution in [1.82, 2.24) is 4.98 Å². The topological polar surface area (TPSA) is 77.2 Å². The number of methoxy groups -OCH3 is 1. The van der Waals surface area contributed by atoms with Gasteiger partial charge in [0.1, 0.15) is 11.8 Å². The van der Waals surface area contributed by atoms with Gasteiger partial charge in [0.25, 0.3) is 0 Å². The molecule has 0 saturated heterocycles. The Kier molecular flexibility index (Phi) is 5.75. The maximum atomic E-state index is 12.0. The van der Waals surface area contributed by atoms with Gasteiger partial charge in [-0.1, -0.05) is 18.2 Å². The predicted molar refractivity (Wildman–Crippen MR) is 77.9 cm³/mol. The highest BCUT2D eigenvalue weighted by atomic mass is 35.5. The van der Waals surface area contributed by atoms with Crippen LogP contribution in [0, 0.1) is 0 Å². The van der Waals surface area contributed by atoms with Gasteiger partial charge in [-0.05, 0) is 6.07 Å². The molecule has 102 valence electrons. The minimum absolute atomic E-state index is 0. The van der Waals surface area contributed by atoms with Crippen LogP contribution in [-0.4, -0.2) is 18.0 Å². The number of hydrogen-bond donors (Lipinski definition) is 2. The first-order valence-electron chi connectivity index (χ1n) is 5.31. The molecule has 1 amide bonds. The van der Waals surface area contributed by atoms with Gasteiger partial charge in [0, 0.05) is 17.1 Å². The minimum atomic E-state index is -0.787. The third-order valence-electron chi connectivity index (χ3n) is 2.42. The van der Waals surface area contributed by atoms with Gasteiger partial charge in [0.2, 0.25) is 5.91 Å². The maximum Gasteiger partial charge on any atom is 0.247 e.